The highest BCUT2D eigenvalue weighted by Crippen LogP contribution is 2.32. The lowest BCUT2D eigenvalue weighted by molar-refractivity contribution is 0.102. The number of fused-ring (bicyclic) bond motifs is 1. The minimum Gasteiger partial charge on any atom is -0.496 e. The summed E-state index contributed by atoms with van der Waals surface area (Å²) in [6.45, 7) is 2.37. The maximum absolute atomic E-state index is 13.0. The molecule has 4 aromatic rings. The van der Waals surface area contributed by atoms with Gasteiger partial charge >= 0.3 is 0 Å². The summed E-state index contributed by atoms with van der Waals surface area (Å²) >= 11 is 0. The second kappa shape index (κ2) is 9.48. The molecule has 0 aliphatic heterocycles. The molecule has 0 aliphatic rings. The lowest BCUT2D eigenvalue weighted by atomic mass is 10.1. The van der Waals surface area contributed by atoms with Gasteiger partial charge in [-0.3, -0.25) is 9.59 Å². The summed E-state index contributed by atoms with van der Waals surface area (Å²) in [5.74, 6) is 1.36. The lowest BCUT2D eigenvalue weighted by Crippen LogP contribution is -2.14. The number of nitrogens with one attached hydrogen (secondary N) is 1. The molecule has 4 rings (SSSR count). The third kappa shape index (κ3) is 4.39. The van der Waals surface area contributed by atoms with Gasteiger partial charge in [0.1, 0.15) is 34.2 Å². The van der Waals surface area contributed by atoms with Crippen molar-refractivity contribution in [3.8, 4) is 28.6 Å². The number of hydrogen-bond acceptors (Lipinski definition) is 6. The van der Waals surface area contributed by atoms with Crippen LogP contribution >= 0.6 is 0 Å². The second-order valence-corrected chi connectivity index (χ2v) is 7.11. The average Bonchev–Trinajstić information content (AvgIpc) is 2.83. The molecule has 1 heterocycles. The van der Waals surface area contributed by atoms with E-state index < -0.39 is 5.91 Å². The third-order valence-electron chi connectivity index (χ3n) is 5.09. The van der Waals surface area contributed by atoms with Crippen LogP contribution in [-0.2, 0) is 0 Å². The zero-order valence-electron chi connectivity index (χ0n) is 18.5. The van der Waals surface area contributed by atoms with E-state index in [0.29, 0.717) is 51.8 Å². The van der Waals surface area contributed by atoms with Crippen LogP contribution in [-0.4, -0.2) is 26.7 Å². The molecule has 0 saturated heterocycles. The number of benzene rings is 3. The highest BCUT2D eigenvalue weighted by molar-refractivity contribution is 6.08. The maximum Gasteiger partial charge on any atom is 0.263 e. The molecule has 1 aromatic heterocycles. The van der Waals surface area contributed by atoms with Gasteiger partial charge in [-0.1, -0.05) is 18.2 Å². The first-order valence-corrected chi connectivity index (χ1v) is 10.4. The molecule has 33 heavy (non-hydrogen) atoms. The van der Waals surface area contributed by atoms with Gasteiger partial charge < -0.3 is 23.9 Å². The van der Waals surface area contributed by atoms with Crippen LogP contribution in [0.3, 0.4) is 0 Å². The Kier molecular flexibility index (Phi) is 6.31. The van der Waals surface area contributed by atoms with Gasteiger partial charge in [-0.2, -0.15) is 0 Å². The van der Waals surface area contributed by atoms with Gasteiger partial charge in [0.05, 0.1) is 31.8 Å². The topological polar surface area (TPSA) is 87.0 Å². The van der Waals surface area contributed by atoms with Crippen LogP contribution in [0.25, 0.3) is 22.3 Å². The number of methoxy groups -OCH3 is 2. The van der Waals surface area contributed by atoms with E-state index >= 15 is 0 Å². The summed E-state index contributed by atoms with van der Waals surface area (Å²) in [6.07, 6.45) is 0. The van der Waals surface area contributed by atoms with Crippen LogP contribution < -0.4 is 25.0 Å². The molecular formula is C26H23NO6. The molecule has 0 saturated carbocycles. The summed E-state index contributed by atoms with van der Waals surface area (Å²) in [4.78, 5) is 25.7. The van der Waals surface area contributed by atoms with Crippen LogP contribution in [0.15, 0.2) is 75.9 Å². The van der Waals surface area contributed by atoms with Crippen LogP contribution in [0.2, 0.25) is 0 Å². The second-order valence-electron chi connectivity index (χ2n) is 7.11. The molecule has 0 bridgehead atoms. The summed E-state index contributed by atoms with van der Waals surface area (Å²) < 4.78 is 22.4. The van der Waals surface area contributed by atoms with Crippen LogP contribution in [0.4, 0.5) is 5.69 Å². The van der Waals surface area contributed by atoms with Crippen LogP contribution in [0.5, 0.6) is 17.2 Å². The van der Waals surface area contributed by atoms with Gasteiger partial charge in [-0.15, -0.1) is 0 Å². The number of carbonyl (C=O) groups excluding carboxylic acids is 1. The molecule has 0 atom stereocenters. The standard InChI is InChI=1S/C26H23NO6/c1-4-32-20-9-6-5-8-18(20)24-15-19(28)17-13-12-16(14-23(17)33-24)27-26(29)25-21(30-2)10-7-11-22(25)31-3/h5-15H,4H2,1-3H3,(H,27,29). The van der Waals surface area contributed by atoms with Gasteiger partial charge in [0.15, 0.2) is 5.43 Å². The Hall–Kier alpha value is -4.26. The summed E-state index contributed by atoms with van der Waals surface area (Å²) in [5, 5.41) is 3.23. The summed E-state index contributed by atoms with van der Waals surface area (Å²) in [5.41, 5.74) is 1.55. The van der Waals surface area contributed by atoms with E-state index in [0.717, 1.165) is 0 Å². The number of hydrogen-bond donors (Lipinski definition) is 1. The fraction of sp³-hybridized carbons (Fsp3) is 0.154. The monoisotopic (exact) mass is 445 g/mol. The normalized spacial score (nSPS) is 10.6. The molecule has 3 aromatic carbocycles. The predicted molar refractivity (Wildman–Crippen MR) is 127 cm³/mol. The highest BCUT2D eigenvalue weighted by Gasteiger charge is 2.19. The highest BCUT2D eigenvalue weighted by atomic mass is 16.5. The molecule has 0 spiro atoms. The Morgan fingerprint density at radius 2 is 1.61 bits per heavy atom. The van der Waals surface area contributed by atoms with E-state index in [-0.39, 0.29) is 11.0 Å². The van der Waals surface area contributed by atoms with Crippen molar-refractivity contribution in [2.75, 3.05) is 26.1 Å². The van der Waals surface area contributed by atoms with Gasteiger partial charge in [0.2, 0.25) is 0 Å². The molecule has 0 unspecified atom stereocenters. The van der Waals surface area contributed by atoms with Crippen molar-refractivity contribution in [1.29, 1.82) is 0 Å². The number of rotatable bonds is 7. The minimum atomic E-state index is -0.413. The van der Waals surface area contributed by atoms with E-state index in [4.69, 9.17) is 18.6 Å². The predicted octanol–water partition coefficient (Wildman–Crippen LogP) is 5.13. The molecule has 1 N–H and O–H groups in total. The van der Waals surface area contributed by atoms with Crippen molar-refractivity contribution < 1.29 is 23.4 Å². The zero-order chi connectivity index (χ0) is 23.4. The number of para-hydroxylation sites is 1. The van der Waals surface area contributed by atoms with Gasteiger partial charge in [0.25, 0.3) is 5.91 Å². The summed E-state index contributed by atoms with van der Waals surface area (Å²) in [6, 6.07) is 18.8. The molecule has 0 radical (unpaired) electrons. The first-order chi connectivity index (χ1) is 16.0. The van der Waals surface area contributed by atoms with Crippen LogP contribution in [0, 0.1) is 0 Å². The smallest absolute Gasteiger partial charge is 0.263 e. The summed E-state index contributed by atoms with van der Waals surface area (Å²) in [7, 11) is 2.97. The van der Waals surface area contributed by atoms with Gasteiger partial charge in [0, 0.05) is 17.8 Å². The minimum absolute atomic E-state index is 0.193. The van der Waals surface area contributed by atoms with Crippen LogP contribution in [0.1, 0.15) is 17.3 Å². The number of ether oxygens (including phenoxy) is 3. The van der Waals surface area contributed by atoms with Crippen molar-refractivity contribution in [2.24, 2.45) is 0 Å². The van der Waals surface area contributed by atoms with Gasteiger partial charge in [-0.05, 0) is 43.3 Å². The molecule has 168 valence electrons. The lowest BCUT2D eigenvalue weighted by Gasteiger charge is -2.13. The van der Waals surface area contributed by atoms with Crippen molar-refractivity contribution in [3.05, 3.63) is 82.5 Å². The van der Waals surface area contributed by atoms with E-state index in [1.165, 1.54) is 20.3 Å². The zero-order valence-corrected chi connectivity index (χ0v) is 18.5. The van der Waals surface area contributed by atoms with E-state index in [1.807, 2.05) is 31.2 Å². The molecule has 7 heteroatoms. The quantitative estimate of drug-likeness (QED) is 0.424. The largest absolute Gasteiger partial charge is 0.496 e. The van der Waals surface area contributed by atoms with Crippen molar-refractivity contribution in [1.82, 2.24) is 0 Å². The maximum atomic E-state index is 13.0. The average molecular weight is 445 g/mol. The molecule has 7 nitrogen and oxygen atoms in total. The Morgan fingerprint density at radius 1 is 0.909 bits per heavy atom. The van der Waals surface area contributed by atoms with E-state index in [1.54, 1.807) is 36.4 Å². The van der Waals surface area contributed by atoms with Crippen molar-refractivity contribution in [2.45, 2.75) is 6.92 Å². The third-order valence-corrected chi connectivity index (χ3v) is 5.09. The Balaban J connectivity index is 1.74. The Labute approximate surface area is 190 Å². The van der Waals surface area contributed by atoms with Gasteiger partial charge in [-0.25, -0.2) is 0 Å². The number of amides is 1. The Bertz CT molecular complexity index is 1350. The Morgan fingerprint density at radius 3 is 2.30 bits per heavy atom. The SMILES string of the molecule is CCOc1ccccc1-c1cc(=O)c2ccc(NC(=O)c3c(OC)cccc3OC)cc2o1. The van der Waals surface area contributed by atoms with E-state index in [2.05, 4.69) is 5.32 Å². The number of anilines is 1. The molecule has 0 fully saturated rings. The first kappa shape index (κ1) is 22.0. The number of carbonyl (C=O) groups is 1. The van der Waals surface area contributed by atoms with Crippen molar-refractivity contribution >= 4 is 22.6 Å². The molecule has 0 aliphatic carbocycles. The first-order valence-electron chi connectivity index (χ1n) is 10.4. The molecular weight excluding hydrogens is 422 g/mol. The molecule has 1 amide bonds. The van der Waals surface area contributed by atoms with E-state index in [9.17, 15) is 9.59 Å². The fourth-order valence-corrected chi connectivity index (χ4v) is 3.59. The van der Waals surface area contributed by atoms with Crippen molar-refractivity contribution in [3.63, 3.8) is 0 Å². The fourth-order valence-electron chi connectivity index (χ4n) is 3.59.